The maximum atomic E-state index is 12.4. The van der Waals surface area contributed by atoms with Gasteiger partial charge >= 0.3 is 0 Å². The quantitative estimate of drug-likeness (QED) is 0.550. The van der Waals surface area contributed by atoms with Gasteiger partial charge in [-0.15, -0.1) is 11.3 Å². The maximum Gasteiger partial charge on any atom is 0.260 e. The van der Waals surface area contributed by atoms with Gasteiger partial charge in [-0.05, 0) is 37.1 Å². The molecule has 0 radical (unpaired) electrons. The van der Waals surface area contributed by atoms with E-state index >= 15 is 0 Å². The number of ketones is 1. The van der Waals surface area contributed by atoms with Crippen LogP contribution in [-0.4, -0.2) is 10.8 Å². The summed E-state index contributed by atoms with van der Waals surface area (Å²) in [6, 6.07) is 9.58. The van der Waals surface area contributed by atoms with E-state index in [1.54, 1.807) is 19.1 Å². The molecular formula is C18H14ClNO2S. The minimum absolute atomic E-state index is 0.162. The highest BCUT2D eigenvalue weighted by Gasteiger charge is 2.16. The van der Waals surface area contributed by atoms with E-state index in [1.165, 1.54) is 17.4 Å². The molecule has 3 nitrogen and oxygen atoms in total. The predicted molar refractivity (Wildman–Crippen MR) is 96.7 cm³/mol. The van der Waals surface area contributed by atoms with Crippen LogP contribution in [0.15, 0.2) is 41.2 Å². The molecule has 116 valence electrons. The number of pyridine rings is 1. The van der Waals surface area contributed by atoms with E-state index in [2.05, 4.69) is 4.98 Å². The predicted octanol–water partition coefficient (Wildman–Crippen LogP) is 4.76. The van der Waals surface area contributed by atoms with E-state index in [0.717, 1.165) is 16.5 Å². The van der Waals surface area contributed by atoms with Gasteiger partial charge in [0.1, 0.15) is 4.83 Å². The Bertz CT molecular complexity index is 981. The number of thiophene rings is 1. The van der Waals surface area contributed by atoms with Crippen molar-refractivity contribution in [3.63, 3.8) is 0 Å². The molecule has 23 heavy (non-hydrogen) atoms. The number of hydrogen-bond donors (Lipinski definition) is 1. The molecule has 1 N–H and O–H groups in total. The number of H-pyrrole nitrogens is 1. The van der Waals surface area contributed by atoms with Crippen LogP contribution < -0.4 is 5.56 Å². The standard InChI is InChI=1S/C18H14ClNO2S/c1-10-3-5-12(6-4-10)7-8-14(21)16-11(2)13-9-15(19)23-18(13)20-17(16)22/h3-9H,1-2H3,(H,20,22). The number of hydrogen-bond acceptors (Lipinski definition) is 3. The molecule has 0 unspecified atom stereocenters. The van der Waals surface area contributed by atoms with Gasteiger partial charge in [-0.1, -0.05) is 47.5 Å². The number of carbonyl (C=O) groups is 1. The molecule has 1 aromatic carbocycles. The molecule has 5 heteroatoms. The van der Waals surface area contributed by atoms with Crippen LogP contribution in [-0.2, 0) is 0 Å². The molecule has 2 heterocycles. The number of benzene rings is 1. The van der Waals surface area contributed by atoms with E-state index in [9.17, 15) is 9.59 Å². The summed E-state index contributed by atoms with van der Waals surface area (Å²) >= 11 is 7.28. The highest BCUT2D eigenvalue weighted by atomic mass is 35.5. The van der Waals surface area contributed by atoms with E-state index in [4.69, 9.17) is 11.6 Å². The van der Waals surface area contributed by atoms with Gasteiger partial charge in [-0.3, -0.25) is 9.59 Å². The van der Waals surface area contributed by atoms with Crippen LogP contribution in [0, 0.1) is 13.8 Å². The van der Waals surface area contributed by atoms with Gasteiger partial charge in [-0.2, -0.15) is 0 Å². The van der Waals surface area contributed by atoms with Gasteiger partial charge in [0.15, 0.2) is 5.78 Å². The molecule has 0 saturated carbocycles. The number of nitrogens with one attached hydrogen (secondary N) is 1. The fraction of sp³-hybridized carbons (Fsp3) is 0.111. The van der Waals surface area contributed by atoms with Gasteiger partial charge in [0.05, 0.1) is 9.90 Å². The van der Waals surface area contributed by atoms with Crippen molar-refractivity contribution in [3.8, 4) is 0 Å². The third kappa shape index (κ3) is 3.14. The van der Waals surface area contributed by atoms with Crippen LogP contribution in [0.5, 0.6) is 0 Å². The summed E-state index contributed by atoms with van der Waals surface area (Å²) in [6.07, 6.45) is 3.15. The Hall–Kier alpha value is -2.17. The minimum atomic E-state index is -0.382. The first kappa shape index (κ1) is 15.7. The lowest BCUT2D eigenvalue weighted by molar-refractivity contribution is 0.104. The zero-order chi connectivity index (χ0) is 16.6. The van der Waals surface area contributed by atoms with Gasteiger partial charge in [-0.25, -0.2) is 0 Å². The van der Waals surface area contributed by atoms with Crippen molar-refractivity contribution in [3.05, 3.63) is 73.4 Å². The molecule has 0 saturated heterocycles. The van der Waals surface area contributed by atoms with E-state index in [0.29, 0.717) is 14.7 Å². The third-order valence-electron chi connectivity index (χ3n) is 3.69. The topological polar surface area (TPSA) is 49.9 Å². The summed E-state index contributed by atoms with van der Waals surface area (Å²) in [5.74, 6) is -0.312. The molecule has 0 aliphatic carbocycles. The first-order chi connectivity index (χ1) is 11.0. The molecule has 0 aliphatic heterocycles. The van der Waals surface area contributed by atoms with Gasteiger partial charge in [0, 0.05) is 5.39 Å². The Kier molecular flexibility index (Phi) is 4.20. The highest BCUT2D eigenvalue weighted by molar-refractivity contribution is 7.22. The van der Waals surface area contributed by atoms with Crippen molar-refractivity contribution < 1.29 is 4.79 Å². The fourth-order valence-electron chi connectivity index (χ4n) is 2.43. The lowest BCUT2D eigenvalue weighted by Crippen LogP contribution is -2.18. The third-order valence-corrected chi connectivity index (χ3v) is 4.87. The molecule has 3 rings (SSSR count). The fourth-order valence-corrected chi connectivity index (χ4v) is 3.61. The Balaban J connectivity index is 2.00. The number of allylic oxidation sites excluding steroid dienone is 1. The van der Waals surface area contributed by atoms with Crippen LogP contribution >= 0.6 is 22.9 Å². The van der Waals surface area contributed by atoms with E-state index in [1.807, 2.05) is 31.2 Å². The Morgan fingerprint density at radius 3 is 2.61 bits per heavy atom. The summed E-state index contributed by atoms with van der Waals surface area (Å²) in [6.45, 7) is 3.77. The molecule has 0 fully saturated rings. The molecule has 2 aromatic heterocycles. The molecule has 3 aromatic rings. The second-order valence-electron chi connectivity index (χ2n) is 5.36. The van der Waals surface area contributed by atoms with Crippen molar-refractivity contribution in [2.24, 2.45) is 0 Å². The zero-order valence-electron chi connectivity index (χ0n) is 12.6. The molecular weight excluding hydrogens is 330 g/mol. The van der Waals surface area contributed by atoms with Gasteiger partial charge < -0.3 is 4.98 Å². The second kappa shape index (κ2) is 6.14. The summed E-state index contributed by atoms with van der Waals surface area (Å²) in [5.41, 5.74) is 2.51. The Morgan fingerprint density at radius 2 is 1.91 bits per heavy atom. The Morgan fingerprint density at radius 1 is 1.22 bits per heavy atom. The van der Waals surface area contributed by atoms with Gasteiger partial charge in [0.25, 0.3) is 5.56 Å². The minimum Gasteiger partial charge on any atom is -0.313 e. The average molecular weight is 344 g/mol. The van der Waals surface area contributed by atoms with Crippen LogP contribution in [0.4, 0.5) is 0 Å². The van der Waals surface area contributed by atoms with Crippen molar-refractivity contribution in [1.29, 1.82) is 0 Å². The first-order valence-corrected chi connectivity index (χ1v) is 8.26. The smallest absolute Gasteiger partial charge is 0.260 e. The number of aromatic amines is 1. The zero-order valence-corrected chi connectivity index (χ0v) is 14.2. The first-order valence-electron chi connectivity index (χ1n) is 7.06. The van der Waals surface area contributed by atoms with E-state index in [-0.39, 0.29) is 16.9 Å². The van der Waals surface area contributed by atoms with E-state index < -0.39 is 0 Å². The summed E-state index contributed by atoms with van der Waals surface area (Å²) in [4.78, 5) is 28.1. The second-order valence-corrected chi connectivity index (χ2v) is 7.04. The number of carbonyl (C=O) groups excluding carboxylic acids is 1. The monoisotopic (exact) mass is 343 g/mol. The highest BCUT2D eigenvalue weighted by Crippen LogP contribution is 2.30. The van der Waals surface area contributed by atoms with Crippen LogP contribution in [0.25, 0.3) is 16.3 Å². The van der Waals surface area contributed by atoms with Crippen molar-refractivity contribution >= 4 is 45.0 Å². The molecule has 0 aliphatic rings. The molecule has 0 atom stereocenters. The summed E-state index contributed by atoms with van der Waals surface area (Å²) in [5, 5.41) is 0.812. The maximum absolute atomic E-state index is 12.4. The largest absolute Gasteiger partial charge is 0.313 e. The number of rotatable bonds is 3. The Labute approximate surface area is 142 Å². The van der Waals surface area contributed by atoms with Crippen molar-refractivity contribution in [2.45, 2.75) is 13.8 Å². The van der Waals surface area contributed by atoms with Crippen LogP contribution in [0.2, 0.25) is 4.34 Å². The number of aryl methyl sites for hydroxylation is 2. The van der Waals surface area contributed by atoms with Crippen LogP contribution in [0.3, 0.4) is 0 Å². The normalized spacial score (nSPS) is 11.4. The molecule has 0 spiro atoms. The van der Waals surface area contributed by atoms with Crippen molar-refractivity contribution in [1.82, 2.24) is 4.98 Å². The average Bonchev–Trinajstić information content (AvgIpc) is 2.87. The SMILES string of the molecule is Cc1ccc(C=CC(=O)c2c(C)c3cc(Cl)sc3[nH]c2=O)cc1. The van der Waals surface area contributed by atoms with Crippen LogP contribution in [0.1, 0.15) is 27.0 Å². The number of aromatic nitrogens is 1. The lowest BCUT2D eigenvalue weighted by Gasteiger charge is -2.02. The lowest BCUT2D eigenvalue weighted by atomic mass is 10.0. The molecule has 0 amide bonds. The van der Waals surface area contributed by atoms with Gasteiger partial charge in [0.2, 0.25) is 0 Å². The number of halogens is 1. The number of fused-ring (bicyclic) bond motifs is 1. The van der Waals surface area contributed by atoms with Crippen molar-refractivity contribution in [2.75, 3.05) is 0 Å². The summed E-state index contributed by atoms with van der Waals surface area (Å²) < 4.78 is 0.582. The molecule has 0 bridgehead atoms. The summed E-state index contributed by atoms with van der Waals surface area (Å²) in [7, 11) is 0.